The summed E-state index contributed by atoms with van der Waals surface area (Å²) >= 11 is 0. The number of hydrogen-bond acceptors (Lipinski definition) is 5. The molecule has 8 heteroatoms. The zero-order valence-corrected chi connectivity index (χ0v) is 13.3. The third-order valence-corrected chi connectivity index (χ3v) is 4.26. The van der Waals surface area contributed by atoms with Crippen LogP contribution in [0.15, 0.2) is 23.0 Å². The Hall–Kier alpha value is -2.66. The summed E-state index contributed by atoms with van der Waals surface area (Å²) in [4.78, 5) is 16.8. The Balaban J connectivity index is 1.59. The van der Waals surface area contributed by atoms with E-state index in [1.165, 1.54) is 12.3 Å². The molecule has 2 N–H and O–H groups in total. The summed E-state index contributed by atoms with van der Waals surface area (Å²) in [7, 11) is 0. The predicted octanol–water partition coefficient (Wildman–Crippen LogP) is 1.53. The van der Waals surface area contributed by atoms with Gasteiger partial charge in [-0.2, -0.15) is 5.26 Å². The Morgan fingerprint density at radius 3 is 3.17 bits per heavy atom. The fourth-order valence-corrected chi connectivity index (χ4v) is 2.92. The maximum atomic E-state index is 13.8. The first-order valence-electron chi connectivity index (χ1n) is 7.71. The summed E-state index contributed by atoms with van der Waals surface area (Å²) in [5.74, 6) is 0.438. The molecular formula is C16H18FN5O2. The molecular weight excluding hydrogens is 313 g/mol. The van der Waals surface area contributed by atoms with Crippen molar-refractivity contribution in [1.29, 1.82) is 5.26 Å². The van der Waals surface area contributed by atoms with Crippen LogP contribution in [-0.2, 0) is 6.54 Å². The molecule has 0 unspecified atom stereocenters. The molecule has 2 aromatic rings. The maximum Gasteiger partial charge on any atom is 0.252 e. The third-order valence-electron chi connectivity index (χ3n) is 4.26. The summed E-state index contributed by atoms with van der Waals surface area (Å²) in [6.45, 7) is 3.03. The molecule has 1 aliphatic heterocycles. The molecule has 0 spiro atoms. The zero-order valence-electron chi connectivity index (χ0n) is 13.3. The van der Waals surface area contributed by atoms with Crippen molar-refractivity contribution in [2.75, 3.05) is 13.1 Å². The van der Waals surface area contributed by atoms with Crippen LogP contribution in [0.1, 0.15) is 33.8 Å². The van der Waals surface area contributed by atoms with E-state index in [1.54, 1.807) is 6.20 Å². The molecule has 1 amide bonds. The molecule has 0 radical (unpaired) electrons. The van der Waals surface area contributed by atoms with Gasteiger partial charge in [0.2, 0.25) is 0 Å². The molecule has 2 aromatic heterocycles. The van der Waals surface area contributed by atoms with E-state index in [9.17, 15) is 9.18 Å². The van der Waals surface area contributed by atoms with Crippen molar-refractivity contribution < 1.29 is 13.7 Å². The van der Waals surface area contributed by atoms with Gasteiger partial charge in [0, 0.05) is 37.4 Å². The fraction of sp³-hybridized carbons (Fsp3) is 0.438. The third kappa shape index (κ3) is 3.46. The van der Waals surface area contributed by atoms with E-state index in [2.05, 4.69) is 15.5 Å². The van der Waals surface area contributed by atoms with Gasteiger partial charge in [0.25, 0.3) is 5.91 Å². The number of nitriles is 1. The molecule has 3 rings (SSSR count). The Morgan fingerprint density at radius 1 is 1.67 bits per heavy atom. The van der Waals surface area contributed by atoms with Gasteiger partial charge in [-0.05, 0) is 19.4 Å². The van der Waals surface area contributed by atoms with Gasteiger partial charge in [-0.3, -0.25) is 9.69 Å². The fourth-order valence-electron chi connectivity index (χ4n) is 2.92. The highest BCUT2D eigenvalue weighted by molar-refractivity contribution is 5.94. The lowest BCUT2D eigenvalue weighted by Gasteiger charge is -2.23. The molecule has 0 bridgehead atoms. The molecule has 1 saturated heterocycles. The van der Waals surface area contributed by atoms with Gasteiger partial charge < -0.3 is 14.8 Å². The smallest absolute Gasteiger partial charge is 0.252 e. The van der Waals surface area contributed by atoms with Crippen molar-refractivity contribution >= 4 is 5.91 Å². The summed E-state index contributed by atoms with van der Waals surface area (Å²) in [6.07, 6.45) is 2.59. The van der Waals surface area contributed by atoms with Gasteiger partial charge in [-0.1, -0.05) is 5.16 Å². The first-order chi connectivity index (χ1) is 11.6. The molecule has 24 heavy (non-hydrogen) atoms. The standard InChI is InChI=1S/C16H18FN5O2/c1-10-12(6-21-24-10)8-22-9-13(17)3-15(22)7-20-16(23)11-2-14(4-18)19-5-11/h2,5-6,13,15,19H,3,7-9H2,1H3,(H,20,23)/t13-,15-/m0/s1. The second-order valence-corrected chi connectivity index (χ2v) is 5.95. The maximum absolute atomic E-state index is 13.8. The van der Waals surface area contributed by atoms with Gasteiger partial charge in [0.05, 0.1) is 11.8 Å². The van der Waals surface area contributed by atoms with E-state index in [4.69, 9.17) is 9.78 Å². The van der Waals surface area contributed by atoms with Crippen LogP contribution in [0.3, 0.4) is 0 Å². The van der Waals surface area contributed by atoms with Crippen molar-refractivity contribution in [2.45, 2.75) is 32.1 Å². The monoisotopic (exact) mass is 331 g/mol. The quantitative estimate of drug-likeness (QED) is 0.866. The first-order valence-corrected chi connectivity index (χ1v) is 7.71. The van der Waals surface area contributed by atoms with Gasteiger partial charge >= 0.3 is 0 Å². The lowest BCUT2D eigenvalue weighted by Crippen LogP contribution is -2.39. The molecule has 0 aliphatic carbocycles. The number of carbonyl (C=O) groups is 1. The number of nitrogens with zero attached hydrogens (tertiary/aromatic N) is 3. The highest BCUT2D eigenvalue weighted by Crippen LogP contribution is 2.23. The van der Waals surface area contributed by atoms with E-state index in [0.717, 1.165) is 11.3 Å². The number of likely N-dealkylation sites (tertiary alicyclic amines) is 1. The summed E-state index contributed by atoms with van der Waals surface area (Å²) < 4.78 is 18.9. The molecule has 0 saturated carbocycles. The minimum atomic E-state index is -0.912. The number of alkyl halides is 1. The average molecular weight is 331 g/mol. The van der Waals surface area contributed by atoms with E-state index in [1.807, 2.05) is 17.9 Å². The van der Waals surface area contributed by atoms with Crippen molar-refractivity contribution in [2.24, 2.45) is 0 Å². The SMILES string of the molecule is Cc1oncc1CN1C[C@@H](F)C[C@H]1CNC(=O)c1c[nH]c(C#N)c1. The molecule has 1 aliphatic rings. The lowest BCUT2D eigenvalue weighted by molar-refractivity contribution is 0.0940. The van der Waals surface area contributed by atoms with Crippen LogP contribution in [0.4, 0.5) is 4.39 Å². The number of aryl methyl sites for hydroxylation is 1. The number of rotatable bonds is 5. The van der Waals surface area contributed by atoms with Crippen LogP contribution in [0.2, 0.25) is 0 Å². The van der Waals surface area contributed by atoms with Crippen LogP contribution in [0, 0.1) is 18.3 Å². The largest absolute Gasteiger partial charge is 0.361 e. The highest BCUT2D eigenvalue weighted by Gasteiger charge is 2.32. The van der Waals surface area contributed by atoms with E-state index in [0.29, 0.717) is 37.3 Å². The van der Waals surface area contributed by atoms with Crippen LogP contribution < -0.4 is 5.32 Å². The second kappa shape index (κ2) is 6.84. The summed E-state index contributed by atoms with van der Waals surface area (Å²) in [6, 6.07) is 3.33. The Kier molecular flexibility index (Phi) is 4.62. The normalized spacial score (nSPS) is 20.9. The van der Waals surface area contributed by atoms with Gasteiger partial charge in [-0.25, -0.2) is 4.39 Å². The molecule has 2 atom stereocenters. The Bertz CT molecular complexity index is 763. The molecule has 1 fully saturated rings. The zero-order chi connectivity index (χ0) is 17.1. The number of hydrogen-bond donors (Lipinski definition) is 2. The molecule has 7 nitrogen and oxygen atoms in total. The second-order valence-electron chi connectivity index (χ2n) is 5.95. The number of carbonyl (C=O) groups excluding carboxylic acids is 1. The first kappa shape index (κ1) is 16.2. The number of aromatic nitrogens is 2. The number of aromatic amines is 1. The lowest BCUT2D eigenvalue weighted by atomic mass is 10.2. The average Bonchev–Trinajstić information content (AvgIpc) is 3.27. The number of halogens is 1. The van der Waals surface area contributed by atoms with Crippen molar-refractivity contribution in [3.05, 3.63) is 41.0 Å². The summed E-state index contributed by atoms with van der Waals surface area (Å²) in [5.41, 5.74) is 1.64. The van der Waals surface area contributed by atoms with Crippen LogP contribution >= 0.6 is 0 Å². The Morgan fingerprint density at radius 2 is 2.50 bits per heavy atom. The van der Waals surface area contributed by atoms with Crippen LogP contribution in [0.25, 0.3) is 0 Å². The molecule has 3 heterocycles. The van der Waals surface area contributed by atoms with E-state index < -0.39 is 6.17 Å². The van der Waals surface area contributed by atoms with Crippen LogP contribution in [0.5, 0.6) is 0 Å². The van der Waals surface area contributed by atoms with Gasteiger partial charge in [-0.15, -0.1) is 0 Å². The van der Waals surface area contributed by atoms with Gasteiger partial charge in [0.1, 0.15) is 23.7 Å². The topological polar surface area (TPSA) is 97.9 Å². The van der Waals surface area contributed by atoms with Crippen molar-refractivity contribution in [1.82, 2.24) is 20.4 Å². The predicted molar refractivity (Wildman–Crippen MR) is 82.8 cm³/mol. The molecule has 126 valence electrons. The van der Waals surface area contributed by atoms with Crippen molar-refractivity contribution in [3.8, 4) is 6.07 Å². The minimum absolute atomic E-state index is 0.0902. The van der Waals surface area contributed by atoms with E-state index >= 15 is 0 Å². The van der Waals surface area contributed by atoms with E-state index in [-0.39, 0.29) is 11.9 Å². The highest BCUT2D eigenvalue weighted by atomic mass is 19.1. The van der Waals surface area contributed by atoms with Crippen LogP contribution in [-0.4, -0.2) is 46.3 Å². The van der Waals surface area contributed by atoms with Crippen molar-refractivity contribution in [3.63, 3.8) is 0 Å². The number of amides is 1. The Labute approximate surface area is 138 Å². The summed E-state index contributed by atoms with van der Waals surface area (Å²) in [5, 5.41) is 15.3. The minimum Gasteiger partial charge on any atom is -0.361 e. The number of H-pyrrole nitrogens is 1. The number of nitrogens with one attached hydrogen (secondary N) is 2. The molecule has 0 aromatic carbocycles. The van der Waals surface area contributed by atoms with Gasteiger partial charge in [0.15, 0.2) is 0 Å².